The highest BCUT2D eigenvalue weighted by Crippen LogP contribution is 2.23. The third kappa shape index (κ3) is 3.42. The van der Waals surface area contributed by atoms with Crippen LogP contribution in [0, 0.1) is 11.7 Å². The zero-order valence-corrected chi connectivity index (χ0v) is 14.7. The number of nitrogens with two attached hydrogens (primary N) is 1. The van der Waals surface area contributed by atoms with Gasteiger partial charge >= 0.3 is 0 Å². The molecule has 6 nitrogen and oxygen atoms in total. The van der Waals surface area contributed by atoms with Crippen LogP contribution in [0.4, 0.5) is 4.39 Å². The second-order valence-electron chi connectivity index (χ2n) is 6.59. The predicted molar refractivity (Wildman–Crippen MR) is 93.0 cm³/mol. The van der Waals surface area contributed by atoms with Crippen molar-refractivity contribution in [2.75, 3.05) is 13.1 Å². The van der Waals surface area contributed by atoms with E-state index in [0.717, 1.165) is 12.8 Å². The number of rotatable bonds is 4. The Morgan fingerprint density at radius 1 is 1.40 bits per heavy atom. The van der Waals surface area contributed by atoms with Gasteiger partial charge in [0.1, 0.15) is 17.3 Å². The quantitative estimate of drug-likeness (QED) is 0.921. The average Bonchev–Trinajstić information content (AvgIpc) is 3.05. The number of aromatic nitrogens is 3. The van der Waals surface area contributed by atoms with Crippen LogP contribution in [0.1, 0.15) is 43.1 Å². The summed E-state index contributed by atoms with van der Waals surface area (Å²) in [5, 5.41) is 4.31. The number of carbonyl (C=O) groups excluding carboxylic acids is 1. The van der Waals surface area contributed by atoms with E-state index in [9.17, 15) is 9.18 Å². The topological polar surface area (TPSA) is 77.0 Å². The first-order valence-corrected chi connectivity index (χ1v) is 8.77. The molecule has 0 aliphatic carbocycles. The molecule has 1 fully saturated rings. The van der Waals surface area contributed by atoms with Crippen LogP contribution < -0.4 is 5.73 Å². The Balaban J connectivity index is 1.93. The standard InChI is InChI=1S/C18H24FN5O/c1-3-16-21-17(22-24(16)15-7-5-4-6-14(15)19)18(25)23-9-8-12(2)10-13(23)11-20/h4-7,12-13H,3,8-11,20H2,1-2H3. The van der Waals surface area contributed by atoms with Crippen molar-refractivity contribution < 1.29 is 9.18 Å². The van der Waals surface area contributed by atoms with E-state index in [2.05, 4.69) is 17.0 Å². The molecule has 0 spiro atoms. The molecule has 25 heavy (non-hydrogen) atoms. The van der Waals surface area contributed by atoms with Gasteiger partial charge in [-0.3, -0.25) is 4.79 Å². The lowest BCUT2D eigenvalue weighted by Crippen LogP contribution is -2.49. The van der Waals surface area contributed by atoms with Crippen molar-refractivity contribution in [3.05, 3.63) is 41.7 Å². The third-order valence-electron chi connectivity index (χ3n) is 4.77. The summed E-state index contributed by atoms with van der Waals surface area (Å²) in [6.07, 6.45) is 2.37. The fourth-order valence-electron chi connectivity index (χ4n) is 3.35. The number of para-hydroxylation sites is 1. The monoisotopic (exact) mass is 345 g/mol. The van der Waals surface area contributed by atoms with Crippen LogP contribution in [0.3, 0.4) is 0 Å². The van der Waals surface area contributed by atoms with E-state index in [1.165, 1.54) is 10.7 Å². The van der Waals surface area contributed by atoms with Gasteiger partial charge in [0.2, 0.25) is 5.82 Å². The molecule has 2 heterocycles. The van der Waals surface area contributed by atoms with Gasteiger partial charge < -0.3 is 10.6 Å². The van der Waals surface area contributed by atoms with Crippen LogP contribution in [0.5, 0.6) is 0 Å². The first-order valence-electron chi connectivity index (χ1n) is 8.77. The number of hydrogen-bond donors (Lipinski definition) is 1. The summed E-state index contributed by atoms with van der Waals surface area (Å²) in [6.45, 7) is 5.15. The normalized spacial score (nSPS) is 20.7. The van der Waals surface area contributed by atoms with Gasteiger partial charge in [-0.25, -0.2) is 14.1 Å². The highest BCUT2D eigenvalue weighted by atomic mass is 19.1. The molecule has 2 N–H and O–H groups in total. The number of aryl methyl sites for hydroxylation is 1. The number of benzene rings is 1. The van der Waals surface area contributed by atoms with E-state index in [0.29, 0.717) is 36.9 Å². The number of amides is 1. The summed E-state index contributed by atoms with van der Waals surface area (Å²) in [5.41, 5.74) is 6.15. The van der Waals surface area contributed by atoms with Crippen molar-refractivity contribution in [2.24, 2.45) is 11.7 Å². The van der Waals surface area contributed by atoms with E-state index in [1.807, 2.05) is 6.92 Å². The second kappa shape index (κ2) is 7.31. The molecule has 7 heteroatoms. The Morgan fingerprint density at radius 2 is 2.16 bits per heavy atom. The molecule has 2 atom stereocenters. The minimum atomic E-state index is -0.396. The van der Waals surface area contributed by atoms with Crippen molar-refractivity contribution in [1.29, 1.82) is 0 Å². The molecule has 1 saturated heterocycles. The first-order chi connectivity index (χ1) is 12.0. The van der Waals surface area contributed by atoms with E-state index >= 15 is 0 Å². The summed E-state index contributed by atoms with van der Waals surface area (Å²) in [7, 11) is 0. The predicted octanol–water partition coefficient (Wildman–Crippen LogP) is 2.17. The maximum Gasteiger partial charge on any atom is 0.293 e. The van der Waals surface area contributed by atoms with Crippen molar-refractivity contribution in [3.8, 4) is 5.69 Å². The fraction of sp³-hybridized carbons (Fsp3) is 0.500. The molecule has 134 valence electrons. The van der Waals surface area contributed by atoms with Gasteiger partial charge in [0, 0.05) is 25.6 Å². The number of halogens is 1. The Hall–Kier alpha value is -2.28. The summed E-state index contributed by atoms with van der Waals surface area (Å²) in [5.74, 6) is 0.587. The van der Waals surface area contributed by atoms with Gasteiger partial charge in [-0.2, -0.15) is 0 Å². The Kier molecular flexibility index (Phi) is 5.13. The van der Waals surface area contributed by atoms with Crippen molar-refractivity contribution in [3.63, 3.8) is 0 Å². The SMILES string of the molecule is CCc1nc(C(=O)N2CCC(C)CC2CN)nn1-c1ccccc1F. The maximum absolute atomic E-state index is 14.1. The zero-order chi connectivity index (χ0) is 18.0. The zero-order valence-electron chi connectivity index (χ0n) is 14.7. The fourth-order valence-corrected chi connectivity index (χ4v) is 3.35. The van der Waals surface area contributed by atoms with E-state index < -0.39 is 5.82 Å². The number of piperidine rings is 1. The van der Waals surface area contributed by atoms with E-state index in [-0.39, 0.29) is 17.8 Å². The third-order valence-corrected chi connectivity index (χ3v) is 4.77. The van der Waals surface area contributed by atoms with Gasteiger partial charge in [-0.1, -0.05) is 26.0 Å². The Morgan fingerprint density at radius 3 is 2.84 bits per heavy atom. The smallest absolute Gasteiger partial charge is 0.293 e. The molecule has 3 rings (SSSR count). The first kappa shape index (κ1) is 17.5. The van der Waals surface area contributed by atoms with Crippen LogP contribution in [-0.2, 0) is 6.42 Å². The van der Waals surface area contributed by atoms with Crippen LogP contribution in [0.2, 0.25) is 0 Å². The molecule has 1 aromatic heterocycles. The minimum Gasteiger partial charge on any atom is -0.332 e. The summed E-state index contributed by atoms with van der Waals surface area (Å²) in [4.78, 5) is 19.0. The highest BCUT2D eigenvalue weighted by molar-refractivity contribution is 5.90. The Labute approximate surface area is 146 Å². The molecule has 2 unspecified atom stereocenters. The van der Waals surface area contributed by atoms with Crippen LogP contribution >= 0.6 is 0 Å². The molecular formula is C18H24FN5O. The number of carbonyl (C=O) groups is 1. The van der Waals surface area contributed by atoms with Crippen LogP contribution in [0.25, 0.3) is 5.69 Å². The minimum absolute atomic E-state index is 0.00161. The van der Waals surface area contributed by atoms with Crippen LogP contribution in [0.15, 0.2) is 24.3 Å². The molecule has 1 aliphatic heterocycles. The number of likely N-dealkylation sites (tertiary alicyclic amines) is 1. The second-order valence-corrected chi connectivity index (χ2v) is 6.59. The van der Waals surface area contributed by atoms with E-state index in [1.54, 1.807) is 23.1 Å². The van der Waals surface area contributed by atoms with Gasteiger partial charge in [-0.05, 0) is 30.9 Å². The molecular weight excluding hydrogens is 321 g/mol. The van der Waals surface area contributed by atoms with Gasteiger partial charge in [0.25, 0.3) is 5.91 Å². The average molecular weight is 345 g/mol. The lowest BCUT2D eigenvalue weighted by molar-refractivity contribution is 0.0561. The van der Waals surface area contributed by atoms with Crippen molar-refractivity contribution in [2.45, 2.75) is 39.2 Å². The van der Waals surface area contributed by atoms with Gasteiger partial charge in [0.15, 0.2) is 0 Å². The summed E-state index contributed by atoms with van der Waals surface area (Å²) in [6, 6.07) is 6.35. The lowest BCUT2D eigenvalue weighted by Gasteiger charge is -2.37. The Bertz CT molecular complexity index is 760. The number of nitrogens with zero attached hydrogens (tertiary/aromatic N) is 4. The largest absolute Gasteiger partial charge is 0.332 e. The molecule has 1 aliphatic rings. The maximum atomic E-state index is 14.1. The lowest BCUT2D eigenvalue weighted by atomic mass is 9.92. The van der Waals surface area contributed by atoms with Crippen LogP contribution in [-0.4, -0.2) is 44.7 Å². The van der Waals surface area contributed by atoms with Gasteiger partial charge in [0.05, 0.1) is 0 Å². The van der Waals surface area contributed by atoms with Gasteiger partial charge in [-0.15, -0.1) is 5.10 Å². The number of hydrogen-bond acceptors (Lipinski definition) is 4. The van der Waals surface area contributed by atoms with E-state index in [4.69, 9.17) is 5.73 Å². The molecule has 1 aromatic carbocycles. The molecule has 2 aromatic rings. The summed E-state index contributed by atoms with van der Waals surface area (Å²) >= 11 is 0. The summed E-state index contributed by atoms with van der Waals surface area (Å²) < 4.78 is 15.5. The molecule has 0 saturated carbocycles. The van der Waals surface area contributed by atoms with Crippen molar-refractivity contribution in [1.82, 2.24) is 19.7 Å². The molecule has 0 bridgehead atoms. The highest BCUT2D eigenvalue weighted by Gasteiger charge is 2.32. The molecule has 1 amide bonds. The van der Waals surface area contributed by atoms with Crippen molar-refractivity contribution >= 4 is 5.91 Å². The molecule has 0 radical (unpaired) electrons.